The first-order valence-electron chi connectivity index (χ1n) is 13.2. The molecule has 3 N–H and O–H groups in total. The van der Waals surface area contributed by atoms with E-state index in [2.05, 4.69) is 22.9 Å². The van der Waals surface area contributed by atoms with Crippen LogP contribution < -0.4 is 16.0 Å². The van der Waals surface area contributed by atoms with Gasteiger partial charge in [0.05, 0.1) is 18.2 Å². The molecule has 0 saturated carbocycles. The normalized spacial score (nSPS) is 17.0. The standard InChI is InChI=1S/C26H41N3O4S/c1-3-5-6-7-8-12-20(30)23(18-14-16-27-17-15-18)28-26(32)29-24-22(25(31)33-4-2)19-11-9-10-13-21(19)34-24/h18,23,27H,3-17H2,1-2H3,(H2,28,29,32). The van der Waals surface area contributed by atoms with E-state index < -0.39 is 12.1 Å². The topological polar surface area (TPSA) is 96.5 Å². The lowest BCUT2D eigenvalue weighted by molar-refractivity contribution is -0.122. The number of nitrogens with one attached hydrogen (secondary N) is 3. The first-order valence-corrected chi connectivity index (χ1v) is 14.0. The number of ether oxygens (including phenoxy) is 1. The molecule has 2 aliphatic rings. The Morgan fingerprint density at radius 1 is 1.06 bits per heavy atom. The number of Topliss-reactive ketones (excluding diaryl/α,β-unsaturated/α-hetero) is 1. The number of piperidine rings is 1. The molecule has 2 heterocycles. The van der Waals surface area contributed by atoms with Crippen LogP contribution in [0.4, 0.5) is 9.80 Å². The highest BCUT2D eigenvalue weighted by Gasteiger charge is 2.32. The number of amides is 2. The molecule has 0 aromatic carbocycles. The van der Waals surface area contributed by atoms with E-state index in [9.17, 15) is 14.4 Å². The van der Waals surface area contributed by atoms with Crippen molar-refractivity contribution >= 4 is 34.1 Å². The van der Waals surface area contributed by atoms with Gasteiger partial charge < -0.3 is 15.4 Å². The largest absolute Gasteiger partial charge is 0.462 e. The number of esters is 1. The number of aryl methyl sites for hydroxylation is 1. The third-order valence-corrected chi connectivity index (χ3v) is 8.10. The smallest absolute Gasteiger partial charge is 0.341 e. The van der Waals surface area contributed by atoms with E-state index in [0.29, 0.717) is 23.6 Å². The van der Waals surface area contributed by atoms with Crippen molar-refractivity contribution in [3.8, 4) is 0 Å². The van der Waals surface area contributed by atoms with Crippen molar-refractivity contribution in [3.05, 3.63) is 16.0 Å². The lowest BCUT2D eigenvalue weighted by atomic mass is 9.86. The van der Waals surface area contributed by atoms with E-state index in [1.165, 1.54) is 24.2 Å². The lowest BCUT2D eigenvalue weighted by Gasteiger charge is -2.30. The second-order valence-electron chi connectivity index (χ2n) is 9.43. The van der Waals surface area contributed by atoms with E-state index in [1.54, 1.807) is 6.92 Å². The number of carbonyl (C=O) groups is 3. The van der Waals surface area contributed by atoms with Crippen LogP contribution in [-0.4, -0.2) is 43.5 Å². The Kier molecular flexibility index (Phi) is 10.8. The molecular formula is C26H41N3O4S. The highest BCUT2D eigenvalue weighted by atomic mass is 32.1. The molecule has 1 atom stereocenters. The zero-order chi connectivity index (χ0) is 24.3. The quantitative estimate of drug-likeness (QED) is 0.275. The van der Waals surface area contributed by atoms with Gasteiger partial charge >= 0.3 is 12.0 Å². The first-order chi connectivity index (χ1) is 16.5. The van der Waals surface area contributed by atoms with Crippen molar-refractivity contribution in [2.45, 2.75) is 96.9 Å². The third kappa shape index (κ3) is 7.28. The van der Waals surface area contributed by atoms with Gasteiger partial charge in [-0.1, -0.05) is 32.6 Å². The molecular weight excluding hydrogens is 450 g/mol. The maximum atomic E-state index is 13.1. The Morgan fingerprint density at radius 3 is 2.53 bits per heavy atom. The van der Waals surface area contributed by atoms with Crippen LogP contribution in [0.2, 0.25) is 0 Å². The number of carbonyl (C=O) groups excluding carboxylic acids is 3. The van der Waals surface area contributed by atoms with Gasteiger partial charge in [-0.15, -0.1) is 11.3 Å². The molecule has 8 heteroatoms. The molecule has 190 valence electrons. The SMILES string of the molecule is CCCCCCCC(=O)C(NC(=O)Nc1sc2c(c1C(=O)OCC)CCCC2)C1CCNCC1. The van der Waals surface area contributed by atoms with E-state index in [1.807, 2.05) is 0 Å². The van der Waals surface area contributed by atoms with Crippen LogP contribution in [0.5, 0.6) is 0 Å². The molecule has 3 rings (SSSR count). The molecule has 1 aromatic heterocycles. The monoisotopic (exact) mass is 491 g/mol. The van der Waals surface area contributed by atoms with Crippen LogP contribution in [0.3, 0.4) is 0 Å². The molecule has 1 aliphatic carbocycles. The molecule has 34 heavy (non-hydrogen) atoms. The molecule has 0 radical (unpaired) electrons. The van der Waals surface area contributed by atoms with Gasteiger partial charge in [0.2, 0.25) is 0 Å². The Morgan fingerprint density at radius 2 is 1.79 bits per heavy atom. The second kappa shape index (κ2) is 13.8. The number of ketones is 1. The summed E-state index contributed by atoms with van der Waals surface area (Å²) in [7, 11) is 0. The minimum atomic E-state index is -0.492. The van der Waals surface area contributed by atoms with Crippen LogP contribution in [0.1, 0.15) is 98.9 Å². The van der Waals surface area contributed by atoms with E-state index in [4.69, 9.17) is 4.74 Å². The average molecular weight is 492 g/mol. The molecule has 1 saturated heterocycles. The van der Waals surface area contributed by atoms with Crippen molar-refractivity contribution in [2.24, 2.45) is 5.92 Å². The number of anilines is 1. The fourth-order valence-electron chi connectivity index (χ4n) is 5.05. The predicted octanol–water partition coefficient (Wildman–Crippen LogP) is 5.22. The zero-order valence-electron chi connectivity index (χ0n) is 20.8. The Bertz CT molecular complexity index is 832. The van der Waals surface area contributed by atoms with Crippen LogP contribution in [0.25, 0.3) is 0 Å². The fraction of sp³-hybridized carbons (Fsp3) is 0.731. The van der Waals surface area contributed by atoms with Crippen LogP contribution in [-0.2, 0) is 22.4 Å². The zero-order valence-corrected chi connectivity index (χ0v) is 21.6. The van der Waals surface area contributed by atoms with Crippen LogP contribution >= 0.6 is 11.3 Å². The second-order valence-corrected chi connectivity index (χ2v) is 10.5. The molecule has 0 spiro atoms. The summed E-state index contributed by atoms with van der Waals surface area (Å²) in [5.74, 6) is -0.124. The van der Waals surface area contributed by atoms with Gasteiger partial charge in [0.25, 0.3) is 0 Å². The number of hydrogen-bond donors (Lipinski definition) is 3. The Hall–Kier alpha value is -1.93. The van der Waals surface area contributed by atoms with Gasteiger partial charge in [0.15, 0.2) is 5.78 Å². The van der Waals surface area contributed by atoms with Gasteiger partial charge in [0, 0.05) is 11.3 Å². The van der Waals surface area contributed by atoms with Crippen LogP contribution in [0, 0.1) is 5.92 Å². The minimum absolute atomic E-state index is 0.120. The number of urea groups is 1. The van der Waals surface area contributed by atoms with Crippen molar-refractivity contribution in [1.29, 1.82) is 0 Å². The average Bonchev–Trinajstić information content (AvgIpc) is 3.20. The third-order valence-electron chi connectivity index (χ3n) is 6.89. The summed E-state index contributed by atoms with van der Waals surface area (Å²) in [6.45, 7) is 5.98. The van der Waals surface area contributed by atoms with E-state index in [0.717, 1.165) is 81.3 Å². The van der Waals surface area contributed by atoms with Crippen molar-refractivity contribution in [3.63, 3.8) is 0 Å². The number of fused-ring (bicyclic) bond motifs is 1. The summed E-state index contributed by atoms with van der Waals surface area (Å²) in [6.07, 6.45) is 11.5. The van der Waals surface area contributed by atoms with Gasteiger partial charge in [-0.05, 0) is 76.4 Å². The fourth-order valence-corrected chi connectivity index (χ4v) is 6.32. The summed E-state index contributed by atoms with van der Waals surface area (Å²) >= 11 is 1.47. The summed E-state index contributed by atoms with van der Waals surface area (Å²) in [4.78, 5) is 40.1. The molecule has 1 aromatic rings. The summed E-state index contributed by atoms with van der Waals surface area (Å²) in [6, 6.07) is -0.902. The number of thiophene rings is 1. The molecule has 1 aliphatic heterocycles. The summed E-state index contributed by atoms with van der Waals surface area (Å²) in [5.41, 5.74) is 1.51. The minimum Gasteiger partial charge on any atom is -0.462 e. The van der Waals surface area contributed by atoms with Crippen LogP contribution in [0.15, 0.2) is 0 Å². The van der Waals surface area contributed by atoms with Gasteiger partial charge in [-0.2, -0.15) is 0 Å². The van der Waals surface area contributed by atoms with Gasteiger partial charge in [-0.25, -0.2) is 9.59 Å². The number of rotatable bonds is 12. The lowest BCUT2D eigenvalue weighted by Crippen LogP contribution is -2.50. The van der Waals surface area contributed by atoms with Gasteiger partial charge in [0.1, 0.15) is 5.00 Å². The number of unbranched alkanes of at least 4 members (excludes halogenated alkanes) is 4. The van der Waals surface area contributed by atoms with Crippen molar-refractivity contribution in [1.82, 2.24) is 10.6 Å². The highest BCUT2D eigenvalue weighted by molar-refractivity contribution is 7.17. The van der Waals surface area contributed by atoms with E-state index >= 15 is 0 Å². The number of hydrogen-bond acceptors (Lipinski definition) is 6. The molecule has 1 unspecified atom stereocenters. The molecule has 7 nitrogen and oxygen atoms in total. The predicted molar refractivity (Wildman–Crippen MR) is 137 cm³/mol. The maximum absolute atomic E-state index is 13.1. The molecule has 1 fully saturated rings. The highest BCUT2D eigenvalue weighted by Crippen LogP contribution is 2.38. The van der Waals surface area contributed by atoms with Gasteiger partial charge in [-0.3, -0.25) is 10.1 Å². The first kappa shape index (κ1) is 26.7. The van der Waals surface area contributed by atoms with Crippen molar-refractivity contribution in [2.75, 3.05) is 25.0 Å². The summed E-state index contributed by atoms with van der Waals surface area (Å²) < 4.78 is 5.30. The molecule has 0 bridgehead atoms. The molecule has 2 amide bonds. The Labute approximate surface area is 207 Å². The summed E-state index contributed by atoms with van der Waals surface area (Å²) in [5, 5.41) is 9.79. The Balaban J connectivity index is 1.69. The van der Waals surface area contributed by atoms with E-state index in [-0.39, 0.29) is 17.7 Å². The maximum Gasteiger partial charge on any atom is 0.341 e. The van der Waals surface area contributed by atoms with Crippen molar-refractivity contribution < 1.29 is 19.1 Å².